The van der Waals surface area contributed by atoms with E-state index in [1.165, 1.54) is 7.05 Å². The van der Waals surface area contributed by atoms with E-state index in [2.05, 4.69) is 15.4 Å². The first-order chi connectivity index (χ1) is 9.98. The van der Waals surface area contributed by atoms with E-state index in [1.807, 2.05) is 24.3 Å². The molecule has 1 aromatic carbocycles. The zero-order valence-corrected chi connectivity index (χ0v) is 13.0. The molecule has 7 nitrogen and oxygen atoms in total. The molecule has 0 fully saturated rings. The maximum atomic E-state index is 11.5. The largest absolute Gasteiger partial charge is 0.496 e. The van der Waals surface area contributed by atoms with Gasteiger partial charge in [0.2, 0.25) is 10.0 Å². The van der Waals surface area contributed by atoms with Gasteiger partial charge in [-0.05, 0) is 25.1 Å². The number of ether oxygens (including phenoxy) is 1. The molecule has 0 heterocycles. The average Bonchev–Trinajstić information content (AvgIpc) is 2.47. The molecule has 0 bridgehead atoms. The van der Waals surface area contributed by atoms with Crippen LogP contribution < -0.4 is 20.1 Å². The minimum absolute atomic E-state index is 0.0592. The van der Waals surface area contributed by atoms with Gasteiger partial charge in [0.15, 0.2) is 0 Å². The molecule has 1 rings (SSSR count). The number of hydrogen-bond acceptors (Lipinski definition) is 4. The number of carbonyl (C=O) groups is 1. The van der Waals surface area contributed by atoms with Gasteiger partial charge < -0.3 is 15.4 Å². The maximum absolute atomic E-state index is 11.5. The Labute approximate surface area is 125 Å². The van der Waals surface area contributed by atoms with E-state index in [1.54, 1.807) is 7.11 Å². The van der Waals surface area contributed by atoms with Crippen LogP contribution in [0.2, 0.25) is 0 Å². The SMILES string of the molecule is CNS(=O)(=O)CCNC(=O)NCCc1ccccc1OC. The summed E-state index contributed by atoms with van der Waals surface area (Å²) in [5.74, 6) is 0.628. The Bertz CT molecular complexity index is 560. The van der Waals surface area contributed by atoms with Gasteiger partial charge in [0.05, 0.1) is 12.9 Å². The van der Waals surface area contributed by atoms with Crippen LogP contribution in [0.3, 0.4) is 0 Å². The molecule has 0 saturated carbocycles. The second-order valence-electron chi connectivity index (χ2n) is 4.27. The summed E-state index contributed by atoms with van der Waals surface area (Å²) in [5, 5.41) is 5.15. The molecule has 2 amide bonds. The number of rotatable bonds is 8. The predicted molar refractivity (Wildman–Crippen MR) is 80.9 cm³/mol. The monoisotopic (exact) mass is 315 g/mol. The number of amides is 2. The predicted octanol–water partition coefficient (Wildman–Crippen LogP) is 0.0861. The van der Waals surface area contributed by atoms with E-state index in [0.717, 1.165) is 11.3 Å². The number of sulfonamides is 1. The Morgan fingerprint density at radius 2 is 1.86 bits per heavy atom. The zero-order valence-electron chi connectivity index (χ0n) is 12.2. The number of para-hydroxylation sites is 1. The number of urea groups is 1. The first-order valence-electron chi connectivity index (χ1n) is 6.53. The quantitative estimate of drug-likeness (QED) is 0.633. The van der Waals surface area contributed by atoms with Crippen molar-refractivity contribution in [3.8, 4) is 5.75 Å². The number of benzene rings is 1. The Hall–Kier alpha value is -1.80. The molecule has 118 valence electrons. The van der Waals surface area contributed by atoms with Crippen molar-refractivity contribution in [2.24, 2.45) is 0 Å². The van der Waals surface area contributed by atoms with E-state index >= 15 is 0 Å². The van der Waals surface area contributed by atoms with Crippen LogP contribution in [0, 0.1) is 0 Å². The molecule has 1 aromatic rings. The average molecular weight is 315 g/mol. The number of hydrogen-bond donors (Lipinski definition) is 3. The standard InChI is InChI=1S/C13H21N3O4S/c1-14-21(18,19)10-9-16-13(17)15-8-7-11-5-3-4-6-12(11)20-2/h3-6,14H,7-10H2,1-2H3,(H2,15,16,17). The fourth-order valence-electron chi connectivity index (χ4n) is 1.68. The summed E-state index contributed by atoms with van der Waals surface area (Å²) in [4.78, 5) is 11.5. The van der Waals surface area contributed by atoms with Gasteiger partial charge in [-0.3, -0.25) is 0 Å². The van der Waals surface area contributed by atoms with Crippen LogP contribution in [0.15, 0.2) is 24.3 Å². The molecular weight excluding hydrogens is 294 g/mol. The molecule has 21 heavy (non-hydrogen) atoms. The van der Waals surface area contributed by atoms with Gasteiger partial charge in [-0.2, -0.15) is 0 Å². The van der Waals surface area contributed by atoms with Gasteiger partial charge in [-0.25, -0.2) is 17.9 Å². The Kier molecular flexibility index (Phi) is 6.97. The number of carbonyl (C=O) groups excluding carboxylic acids is 1. The zero-order chi connectivity index (χ0) is 15.7. The van der Waals surface area contributed by atoms with Crippen molar-refractivity contribution in [2.45, 2.75) is 6.42 Å². The molecule has 0 spiro atoms. The van der Waals surface area contributed by atoms with Gasteiger partial charge in [0.1, 0.15) is 5.75 Å². The molecule has 0 aliphatic carbocycles. The normalized spacial score (nSPS) is 11.0. The van der Waals surface area contributed by atoms with E-state index in [-0.39, 0.29) is 12.3 Å². The smallest absolute Gasteiger partial charge is 0.314 e. The molecule has 3 N–H and O–H groups in total. The van der Waals surface area contributed by atoms with Crippen LogP contribution in [0.5, 0.6) is 5.75 Å². The van der Waals surface area contributed by atoms with Crippen LogP contribution >= 0.6 is 0 Å². The lowest BCUT2D eigenvalue weighted by Crippen LogP contribution is -2.40. The van der Waals surface area contributed by atoms with E-state index in [4.69, 9.17) is 4.74 Å². The van der Waals surface area contributed by atoms with Crippen molar-refractivity contribution >= 4 is 16.1 Å². The molecule has 0 aromatic heterocycles. The van der Waals surface area contributed by atoms with Crippen molar-refractivity contribution in [3.05, 3.63) is 29.8 Å². The summed E-state index contributed by atoms with van der Waals surface area (Å²) in [5.41, 5.74) is 0.998. The molecular formula is C13H21N3O4S. The summed E-state index contributed by atoms with van der Waals surface area (Å²) in [6, 6.07) is 7.18. The molecule has 0 unspecified atom stereocenters. The molecule has 0 radical (unpaired) electrons. The molecule has 0 atom stereocenters. The van der Waals surface area contributed by atoms with Crippen molar-refractivity contribution in [2.75, 3.05) is 33.0 Å². The summed E-state index contributed by atoms with van der Waals surface area (Å²) in [6.45, 7) is 0.495. The topological polar surface area (TPSA) is 96.5 Å². The highest BCUT2D eigenvalue weighted by Gasteiger charge is 2.08. The highest BCUT2D eigenvalue weighted by molar-refractivity contribution is 7.89. The molecule has 0 aliphatic rings. The van der Waals surface area contributed by atoms with Crippen molar-refractivity contribution in [1.82, 2.24) is 15.4 Å². The van der Waals surface area contributed by atoms with Crippen molar-refractivity contribution in [3.63, 3.8) is 0 Å². The van der Waals surface area contributed by atoms with Gasteiger partial charge in [-0.15, -0.1) is 0 Å². The third kappa shape index (κ3) is 6.46. The third-order valence-corrected chi connectivity index (χ3v) is 4.20. The highest BCUT2D eigenvalue weighted by Crippen LogP contribution is 2.17. The Morgan fingerprint density at radius 1 is 1.19 bits per heavy atom. The summed E-state index contributed by atoms with van der Waals surface area (Å²) >= 11 is 0. The Balaban J connectivity index is 2.28. The fraction of sp³-hybridized carbons (Fsp3) is 0.462. The van der Waals surface area contributed by atoms with Gasteiger partial charge >= 0.3 is 6.03 Å². The lowest BCUT2D eigenvalue weighted by atomic mass is 10.1. The maximum Gasteiger partial charge on any atom is 0.314 e. The third-order valence-electron chi connectivity index (χ3n) is 2.84. The fourth-order valence-corrected chi connectivity index (χ4v) is 2.26. The summed E-state index contributed by atoms with van der Waals surface area (Å²) in [6.07, 6.45) is 0.631. The van der Waals surface area contributed by atoms with Crippen LogP contribution in [-0.4, -0.2) is 47.4 Å². The first kappa shape index (κ1) is 17.3. The van der Waals surface area contributed by atoms with Gasteiger partial charge in [0.25, 0.3) is 0 Å². The minimum atomic E-state index is -3.30. The summed E-state index contributed by atoms with van der Waals surface area (Å²) < 4.78 is 29.7. The van der Waals surface area contributed by atoms with Gasteiger partial charge in [0, 0.05) is 13.1 Å². The lowest BCUT2D eigenvalue weighted by Gasteiger charge is -2.10. The van der Waals surface area contributed by atoms with Crippen molar-refractivity contribution < 1.29 is 17.9 Å². The van der Waals surface area contributed by atoms with Gasteiger partial charge in [-0.1, -0.05) is 18.2 Å². The lowest BCUT2D eigenvalue weighted by molar-refractivity contribution is 0.241. The minimum Gasteiger partial charge on any atom is -0.496 e. The van der Waals surface area contributed by atoms with Crippen LogP contribution in [0.1, 0.15) is 5.56 Å². The first-order valence-corrected chi connectivity index (χ1v) is 8.18. The van der Waals surface area contributed by atoms with Crippen LogP contribution in [0.25, 0.3) is 0 Å². The number of nitrogens with one attached hydrogen (secondary N) is 3. The van der Waals surface area contributed by atoms with Crippen LogP contribution in [-0.2, 0) is 16.4 Å². The van der Waals surface area contributed by atoms with Crippen LogP contribution in [0.4, 0.5) is 4.79 Å². The molecule has 8 heteroatoms. The second kappa shape index (κ2) is 8.48. The number of methoxy groups -OCH3 is 1. The van der Waals surface area contributed by atoms with E-state index in [0.29, 0.717) is 13.0 Å². The summed E-state index contributed by atoms with van der Waals surface area (Å²) in [7, 11) is -0.362. The van der Waals surface area contributed by atoms with E-state index in [9.17, 15) is 13.2 Å². The van der Waals surface area contributed by atoms with Crippen molar-refractivity contribution in [1.29, 1.82) is 0 Å². The Morgan fingerprint density at radius 3 is 2.52 bits per heavy atom. The molecule has 0 aliphatic heterocycles. The van der Waals surface area contributed by atoms with E-state index < -0.39 is 16.1 Å². The second-order valence-corrected chi connectivity index (χ2v) is 6.31. The molecule has 0 saturated heterocycles. The highest BCUT2D eigenvalue weighted by atomic mass is 32.2.